The van der Waals surface area contributed by atoms with Gasteiger partial charge in [-0.05, 0) is 73.1 Å². The molecule has 0 fully saturated rings. The highest BCUT2D eigenvalue weighted by Crippen LogP contribution is 2.23. The number of benzene rings is 3. The van der Waals surface area contributed by atoms with Gasteiger partial charge in [0.2, 0.25) is 0 Å². The van der Waals surface area contributed by atoms with Gasteiger partial charge in [-0.3, -0.25) is 14.4 Å². The third-order valence-electron chi connectivity index (χ3n) is 5.20. The lowest BCUT2D eigenvalue weighted by molar-refractivity contribution is 0.0973. The van der Waals surface area contributed by atoms with E-state index < -0.39 is 15.9 Å². The summed E-state index contributed by atoms with van der Waals surface area (Å²) in [5.74, 6) is 0.588. The molecular weight excluding hydrogens is 482 g/mol. The second-order valence-corrected chi connectivity index (χ2v) is 10.6. The van der Waals surface area contributed by atoms with Crippen LogP contribution in [0, 0.1) is 5.92 Å². The molecule has 3 rings (SSSR count). The number of hydrogen-bond donors (Lipinski definition) is 2. The smallest absolute Gasteiger partial charge is 0.264 e. The van der Waals surface area contributed by atoms with Crippen molar-refractivity contribution in [2.75, 3.05) is 23.3 Å². The number of nitrogens with one attached hydrogen (secondary N) is 2. The molecule has 2 N–H and O–H groups in total. The highest BCUT2D eigenvalue weighted by Gasteiger charge is 2.21. The number of rotatable bonds is 9. The Kier molecular flexibility index (Phi) is 8.84. The Balaban J connectivity index is 1.63. The number of amides is 1. The molecule has 7 nitrogen and oxygen atoms in total. The molecular formula is C26H29N3O4S2. The standard InChI is InChI=1S/C26H29N3O4S2/c1-19(2)17-18-33-24-12-8-7-11-23(24)25(30)28-26(34)27-20-13-15-22(16-14-20)35(31,32)29(3)21-9-5-4-6-10-21/h4-16,19H,17-18H2,1-3H3,(H2,27,28,30,34). The van der Waals surface area contributed by atoms with E-state index in [1.165, 1.54) is 23.5 Å². The fourth-order valence-corrected chi connectivity index (χ4v) is 4.57. The molecule has 0 saturated heterocycles. The van der Waals surface area contributed by atoms with Crippen molar-refractivity contribution >= 4 is 44.6 Å². The highest BCUT2D eigenvalue weighted by molar-refractivity contribution is 7.92. The highest BCUT2D eigenvalue weighted by atomic mass is 32.2. The van der Waals surface area contributed by atoms with Crippen LogP contribution in [0.1, 0.15) is 30.6 Å². The van der Waals surface area contributed by atoms with Gasteiger partial charge in [-0.15, -0.1) is 0 Å². The summed E-state index contributed by atoms with van der Waals surface area (Å²) in [6.07, 6.45) is 0.878. The van der Waals surface area contributed by atoms with Gasteiger partial charge in [0, 0.05) is 12.7 Å². The van der Waals surface area contributed by atoms with Crippen LogP contribution < -0.4 is 19.7 Å². The van der Waals surface area contributed by atoms with Gasteiger partial charge < -0.3 is 10.1 Å². The van der Waals surface area contributed by atoms with Gasteiger partial charge in [0.25, 0.3) is 15.9 Å². The van der Waals surface area contributed by atoms with E-state index in [4.69, 9.17) is 17.0 Å². The van der Waals surface area contributed by atoms with Crippen molar-refractivity contribution in [3.8, 4) is 5.75 Å². The third-order valence-corrected chi connectivity index (χ3v) is 7.21. The van der Waals surface area contributed by atoms with Crippen LogP contribution in [0.3, 0.4) is 0 Å². The number of nitrogens with zero attached hydrogens (tertiary/aromatic N) is 1. The largest absolute Gasteiger partial charge is 0.493 e. The minimum atomic E-state index is -3.72. The molecule has 0 radical (unpaired) electrons. The van der Waals surface area contributed by atoms with Crippen molar-refractivity contribution in [3.63, 3.8) is 0 Å². The van der Waals surface area contributed by atoms with Crippen LogP contribution in [0.5, 0.6) is 5.75 Å². The molecule has 0 atom stereocenters. The van der Waals surface area contributed by atoms with Crippen molar-refractivity contribution in [2.24, 2.45) is 5.92 Å². The summed E-state index contributed by atoms with van der Waals surface area (Å²) in [7, 11) is -2.22. The van der Waals surface area contributed by atoms with E-state index in [-0.39, 0.29) is 10.0 Å². The van der Waals surface area contributed by atoms with Crippen molar-refractivity contribution in [3.05, 3.63) is 84.4 Å². The van der Waals surface area contributed by atoms with Crippen molar-refractivity contribution < 1.29 is 17.9 Å². The topological polar surface area (TPSA) is 87.7 Å². The van der Waals surface area contributed by atoms with Crippen LogP contribution in [0.2, 0.25) is 0 Å². The summed E-state index contributed by atoms with van der Waals surface area (Å²) in [5, 5.41) is 5.64. The van der Waals surface area contributed by atoms with Crippen molar-refractivity contribution in [1.29, 1.82) is 0 Å². The molecule has 184 valence electrons. The molecule has 0 aliphatic rings. The second-order valence-electron chi connectivity index (χ2n) is 8.27. The first kappa shape index (κ1) is 26.2. The van der Waals surface area contributed by atoms with Gasteiger partial charge in [0.1, 0.15) is 5.75 Å². The molecule has 0 spiro atoms. The normalized spacial score (nSPS) is 11.1. The first-order valence-corrected chi connectivity index (χ1v) is 13.0. The van der Waals surface area contributed by atoms with Gasteiger partial charge in [0.15, 0.2) is 5.11 Å². The average molecular weight is 512 g/mol. The first-order valence-electron chi connectivity index (χ1n) is 11.2. The number of sulfonamides is 1. The number of carbonyl (C=O) groups excluding carboxylic acids is 1. The molecule has 9 heteroatoms. The Hall–Kier alpha value is -3.43. The third kappa shape index (κ3) is 7.03. The molecule has 0 aliphatic heterocycles. The lowest BCUT2D eigenvalue weighted by Crippen LogP contribution is -2.34. The zero-order chi connectivity index (χ0) is 25.4. The number of carbonyl (C=O) groups is 1. The molecule has 0 aromatic heterocycles. The van der Waals surface area contributed by atoms with Gasteiger partial charge in [-0.2, -0.15) is 0 Å². The summed E-state index contributed by atoms with van der Waals surface area (Å²) in [6, 6.07) is 22.0. The van der Waals surface area contributed by atoms with Crippen LogP contribution in [0.25, 0.3) is 0 Å². The Morgan fingerprint density at radius 2 is 1.60 bits per heavy atom. The number of hydrogen-bond acceptors (Lipinski definition) is 5. The lowest BCUT2D eigenvalue weighted by Gasteiger charge is -2.19. The maximum Gasteiger partial charge on any atom is 0.264 e. The van der Waals surface area contributed by atoms with Gasteiger partial charge in [-0.1, -0.05) is 44.2 Å². The maximum atomic E-state index is 12.9. The summed E-state index contributed by atoms with van der Waals surface area (Å²) in [5.41, 5.74) is 1.48. The average Bonchev–Trinajstić information content (AvgIpc) is 2.84. The number of ether oxygens (including phenoxy) is 1. The Morgan fingerprint density at radius 3 is 2.26 bits per heavy atom. The fourth-order valence-electron chi connectivity index (χ4n) is 3.16. The van der Waals surface area contributed by atoms with Gasteiger partial charge in [0.05, 0.1) is 22.8 Å². The predicted molar refractivity (Wildman–Crippen MR) is 144 cm³/mol. The van der Waals surface area contributed by atoms with Crippen LogP contribution in [0.15, 0.2) is 83.8 Å². The quantitative estimate of drug-likeness (QED) is 0.390. The summed E-state index contributed by atoms with van der Waals surface area (Å²) in [4.78, 5) is 12.9. The van der Waals surface area contributed by atoms with Gasteiger partial charge >= 0.3 is 0 Å². The minimum Gasteiger partial charge on any atom is -0.493 e. The Bertz CT molecular complexity index is 1260. The number of para-hydroxylation sites is 2. The zero-order valence-corrected chi connectivity index (χ0v) is 21.5. The second kappa shape index (κ2) is 11.8. The van der Waals surface area contributed by atoms with E-state index in [1.807, 2.05) is 12.1 Å². The SMILES string of the molecule is CC(C)CCOc1ccccc1C(=O)NC(=S)Nc1ccc(S(=O)(=O)N(C)c2ccccc2)cc1. The van der Waals surface area contributed by atoms with Crippen LogP contribution in [-0.4, -0.2) is 33.1 Å². The Labute approximate surface area is 212 Å². The molecule has 0 heterocycles. The van der Waals surface area contributed by atoms with E-state index in [1.54, 1.807) is 54.6 Å². The monoisotopic (exact) mass is 511 g/mol. The van der Waals surface area contributed by atoms with Crippen LogP contribution in [0.4, 0.5) is 11.4 Å². The number of thiocarbonyl (C=S) groups is 1. The van der Waals surface area contributed by atoms with E-state index in [2.05, 4.69) is 24.5 Å². The van der Waals surface area contributed by atoms with E-state index in [0.29, 0.717) is 35.2 Å². The Morgan fingerprint density at radius 1 is 0.971 bits per heavy atom. The summed E-state index contributed by atoms with van der Waals surface area (Å²) < 4.78 is 32.8. The predicted octanol–water partition coefficient (Wildman–Crippen LogP) is 5.06. The molecule has 1 amide bonds. The van der Waals surface area contributed by atoms with Crippen molar-refractivity contribution in [1.82, 2.24) is 5.32 Å². The van der Waals surface area contributed by atoms with E-state index in [9.17, 15) is 13.2 Å². The summed E-state index contributed by atoms with van der Waals surface area (Å²) >= 11 is 5.28. The van der Waals surface area contributed by atoms with E-state index in [0.717, 1.165) is 6.42 Å². The fraction of sp³-hybridized carbons (Fsp3) is 0.231. The molecule has 35 heavy (non-hydrogen) atoms. The first-order chi connectivity index (χ1) is 16.7. The van der Waals surface area contributed by atoms with Crippen LogP contribution in [-0.2, 0) is 10.0 Å². The molecule has 0 unspecified atom stereocenters. The molecule has 0 saturated carbocycles. The minimum absolute atomic E-state index is 0.0870. The summed E-state index contributed by atoms with van der Waals surface area (Å²) in [6.45, 7) is 4.73. The molecule has 3 aromatic rings. The molecule has 0 bridgehead atoms. The molecule has 3 aromatic carbocycles. The van der Waals surface area contributed by atoms with Crippen LogP contribution >= 0.6 is 12.2 Å². The number of anilines is 2. The van der Waals surface area contributed by atoms with Gasteiger partial charge in [-0.25, -0.2) is 8.42 Å². The van der Waals surface area contributed by atoms with E-state index >= 15 is 0 Å². The zero-order valence-electron chi connectivity index (χ0n) is 19.9. The lowest BCUT2D eigenvalue weighted by atomic mass is 10.1. The maximum absolute atomic E-state index is 12.9. The molecule has 0 aliphatic carbocycles. The van der Waals surface area contributed by atoms with Crippen molar-refractivity contribution in [2.45, 2.75) is 25.2 Å².